The number of aromatic nitrogens is 1. The van der Waals surface area contributed by atoms with Crippen LogP contribution < -0.4 is 15.1 Å². The SMILES string of the molecule is N#Cc1ccnc(N2C(=O)CC[C@H]2C(=O)N(c2cc(F)cc(F)c2)C(C(=O)NC2CC(F)(F)C2)c2ccccc2)c1. The first-order chi connectivity index (χ1) is 19.6. The summed E-state index contributed by atoms with van der Waals surface area (Å²) in [6.07, 6.45) is 0.0422. The van der Waals surface area contributed by atoms with Crippen molar-refractivity contribution in [3.8, 4) is 6.07 Å². The number of hydrogen-bond acceptors (Lipinski definition) is 5. The van der Waals surface area contributed by atoms with Gasteiger partial charge in [0.2, 0.25) is 11.8 Å². The Morgan fingerprint density at radius 1 is 1.07 bits per heavy atom. The first-order valence-electron chi connectivity index (χ1n) is 12.8. The van der Waals surface area contributed by atoms with Crippen molar-refractivity contribution in [1.82, 2.24) is 10.3 Å². The lowest BCUT2D eigenvalue weighted by Crippen LogP contribution is -2.56. The highest BCUT2D eigenvalue weighted by Crippen LogP contribution is 2.39. The minimum absolute atomic E-state index is 0.0115. The van der Waals surface area contributed by atoms with Crippen LogP contribution in [-0.4, -0.2) is 40.7 Å². The Morgan fingerprint density at radius 2 is 1.76 bits per heavy atom. The molecule has 2 fully saturated rings. The van der Waals surface area contributed by atoms with E-state index in [0.29, 0.717) is 6.07 Å². The monoisotopic (exact) mass is 565 g/mol. The van der Waals surface area contributed by atoms with E-state index < -0.39 is 66.2 Å². The summed E-state index contributed by atoms with van der Waals surface area (Å²) in [5, 5.41) is 11.8. The van der Waals surface area contributed by atoms with Crippen molar-refractivity contribution in [2.45, 2.75) is 49.7 Å². The van der Waals surface area contributed by atoms with E-state index in [1.807, 2.05) is 6.07 Å². The van der Waals surface area contributed by atoms with Gasteiger partial charge in [-0.15, -0.1) is 0 Å². The molecule has 0 bridgehead atoms. The molecule has 1 unspecified atom stereocenters. The largest absolute Gasteiger partial charge is 0.351 e. The van der Waals surface area contributed by atoms with Gasteiger partial charge in [0.05, 0.1) is 17.3 Å². The minimum atomic E-state index is -2.93. The molecule has 12 heteroatoms. The molecule has 0 radical (unpaired) electrons. The number of amides is 3. The van der Waals surface area contributed by atoms with Crippen LogP contribution in [0.25, 0.3) is 0 Å². The fourth-order valence-electron chi connectivity index (χ4n) is 5.16. The maximum Gasteiger partial charge on any atom is 0.252 e. The van der Waals surface area contributed by atoms with E-state index in [1.165, 1.54) is 30.5 Å². The molecular formula is C29H23F4N5O3. The van der Waals surface area contributed by atoms with Gasteiger partial charge < -0.3 is 5.32 Å². The topological polar surface area (TPSA) is 106 Å². The van der Waals surface area contributed by atoms with Gasteiger partial charge in [-0.25, -0.2) is 22.5 Å². The number of alkyl halides is 2. The Bertz CT molecular complexity index is 1520. The highest BCUT2D eigenvalue weighted by molar-refractivity contribution is 6.10. The second kappa shape index (κ2) is 11.0. The molecule has 41 heavy (non-hydrogen) atoms. The van der Waals surface area contributed by atoms with Gasteiger partial charge in [-0.05, 0) is 36.2 Å². The Hall–Kier alpha value is -4.79. The number of nitrogens with one attached hydrogen (secondary N) is 1. The van der Waals surface area contributed by atoms with Crippen LogP contribution in [0.2, 0.25) is 0 Å². The standard InChI is InChI=1S/C29H23F4N5O3/c30-19-11-20(31)13-22(12-19)37(26(18-4-2-1-3-5-18)27(40)36-21-14-29(32,33)15-21)28(41)23-6-7-25(39)38(23)24-10-17(16-34)8-9-35-24/h1-5,8-13,21,23,26H,6-7,14-15H2,(H,36,40)/t23-,26?/m0/s1. The molecule has 2 atom stereocenters. The Kier molecular flexibility index (Phi) is 7.45. The third kappa shape index (κ3) is 5.75. The van der Waals surface area contributed by atoms with Gasteiger partial charge in [0.25, 0.3) is 11.8 Å². The number of anilines is 2. The summed E-state index contributed by atoms with van der Waals surface area (Å²) in [6.45, 7) is 0. The fourth-order valence-corrected chi connectivity index (χ4v) is 5.16. The second-order valence-electron chi connectivity index (χ2n) is 9.95. The first kappa shape index (κ1) is 27.8. The maximum atomic E-state index is 14.5. The minimum Gasteiger partial charge on any atom is -0.351 e. The van der Waals surface area contributed by atoms with E-state index in [4.69, 9.17) is 0 Å². The van der Waals surface area contributed by atoms with Crippen LogP contribution in [0.3, 0.4) is 0 Å². The molecule has 1 N–H and O–H groups in total. The van der Waals surface area contributed by atoms with Gasteiger partial charge in [-0.3, -0.25) is 24.2 Å². The Balaban J connectivity index is 1.60. The van der Waals surface area contributed by atoms with E-state index in [1.54, 1.807) is 18.2 Å². The Labute approximate surface area is 232 Å². The number of benzene rings is 2. The number of carbonyl (C=O) groups excluding carboxylic acids is 3. The zero-order chi connectivity index (χ0) is 29.3. The lowest BCUT2D eigenvalue weighted by molar-refractivity contribution is -0.133. The lowest BCUT2D eigenvalue weighted by atomic mass is 9.87. The summed E-state index contributed by atoms with van der Waals surface area (Å²) in [7, 11) is 0. The number of nitrogens with zero attached hydrogens (tertiary/aromatic N) is 4. The quantitative estimate of drug-likeness (QED) is 0.427. The summed E-state index contributed by atoms with van der Waals surface area (Å²) < 4.78 is 56.0. The van der Waals surface area contributed by atoms with Crippen molar-refractivity contribution in [2.75, 3.05) is 9.80 Å². The summed E-state index contributed by atoms with van der Waals surface area (Å²) in [5.74, 6) is -7.13. The summed E-state index contributed by atoms with van der Waals surface area (Å²) >= 11 is 0. The molecule has 1 saturated carbocycles. The number of rotatable bonds is 7. The fraction of sp³-hybridized carbons (Fsp3) is 0.276. The molecule has 5 rings (SSSR count). The highest BCUT2D eigenvalue weighted by Gasteiger charge is 2.48. The molecule has 1 aliphatic heterocycles. The lowest BCUT2D eigenvalue weighted by Gasteiger charge is -2.39. The normalized spacial score (nSPS) is 18.8. The Morgan fingerprint density at radius 3 is 2.39 bits per heavy atom. The van der Waals surface area contributed by atoms with Crippen molar-refractivity contribution >= 4 is 29.2 Å². The highest BCUT2D eigenvalue weighted by atomic mass is 19.3. The molecular weight excluding hydrogens is 542 g/mol. The van der Waals surface area contributed by atoms with Gasteiger partial charge in [0.15, 0.2) is 0 Å². The number of carbonyl (C=O) groups is 3. The zero-order valence-electron chi connectivity index (χ0n) is 21.4. The molecule has 2 aromatic carbocycles. The second-order valence-corrected chi connectivity index (χ2v) is 9.95. The van der Waals surface area contributed by atoms with Crippen LogP contribution in [0.1, 0.15) is 42.9 Å². The number of pyridine rings is 1. The molecule has 210 valence electrons. The molecule has 8 nitrogen and oxygen atoms in total. The third-order valence-electron chi connectivity index (χ3n) is 7.04. The van der Waals surface area contributed by atoms with E-state index in [-0.39, 0.29) is 35.5 Å². The van der Waals surface area contributed by atoms with Crippen molar-refractivity contribution in [3.63, 3.8) is 0 Å². The van der Waals surface area contributed by atoms with E-state index in [2.05, 4.69) is 10.3 Å². The maximum absolute atomic E-state index is 14.5. The van der Waals surface area contributed by atoms with Crippen LogP contribution in [0.15, 0.2) is 66.9 Å². The van der Waals surface area contributed by atoms with Gasteiger partial charge in [-0.1, -0.05) is 30.3 Å². The predicted molar refractivity (Wildman–Crippen MR) is 139 cm³/mol. The summed E-state index contributed by atoms with van der Waals surface area (Å²) in [4.78, 5) is 47.1. The summed E-state index contributed by atoms with van der Waals surface area (Å²) in [5.41, 5.74) is 0.117. The van der Waals surface area contributed by atoms with E-state index >= 15 is 0 Å². The third-order valence-corrected chi connectivity index (χ3v) is 7.04. The molecule has 0 spiro atoms. The van der Waals surface area contributed by atoms with E-state index in [0.717, 1.165) is 21.9 Å². The van der Waals surface area contributed by atoms with Gasteiger partial charge in [-0.2, -0.15) is 5.26 Å². The first-order valence-corrected chi connectivity index (χ1v) is 12.8. The smallest absolute Gasteiger partial charge is 0.252 e. The van der Waals surface area contributed by atoms with Crippen molar-refractivity contribution in [1.29, 1.82) is 5.26 Å². The van der Waals surface area contributed by atoms with Crippen LogP contribution >= 0.6 is 0 Å². The zero-order valence-corrected chi connectivity index (χ0v) is 21.4. The molecule has 1 aromatic heterocycles. The predicted octanol–water partition coefficient (Wildman–Crippen LogP) is 4.42. The van der Waals surface area contributed by atoms with Crippen LogP contribution in [0.4, 0.5) is 29.1 Å². The number of halogens is 4. The van der Waals surface area contributed by atoms with Crippen molar-refractivity contribution in [2.24, 2.45) is 0 Å². The average molecular weight is 566 g/mol. The van der Waals surface area contributed by atoms with Gasteiger partial charge >= 0.3 is 0 Å². The van der Waals surface area contributed by atoms with Crippen LogP contribution in [0, 0.1) is 23.0 Å². The molecule has 3 aromatic rings. The summed E-state index contributed by atoms with van der Waals surface area (Å²) in [6, 6.07) is 11.3. The van der Waals surface area contributed by atoms with E-state index in [9.17, 15) is 37.2 Å². The number of nitriles is 1. The van der Waals surface area contributed by atoms with Crippen LogP contribution in [0.5, 0.6) is 0 Å². The molecule has 1 saturated heterocycles. The van der Waals surface area contributed by atoms with Crippen LogP contribution in [-0.2, 0) is 14.4 Å². The van der Waals surface area contributed by atoms with Gasteiger partial charge in [0.1, 0.15) is 29.5 Å². The van der Waals surface area contributed by atoms with Gasteiger partial charge in [0, 0.05) is 37.6 Å². The molecule has 2 aliphatic rings. The molecule has 3 amide bonds. The molecule has 2 heterocycles. The molecule has 1 aliphatic carbocycles. The number of hydrogen-bond donors (Lipinski definition) is 1. The van der Waals surface area contributed by atoms with Crippen molar-refractivity contribution in [3.05, 3.63) is 89.6 Å². The van der Waals surface area contributed by atoms with Crippen molar-refractivity contribution < 1.29 is 31.9 Å². The average Bonchev–Trinajstić information content (AvgIpc) is 3.31.